The second kappa shape index (κ2) is 5.89. The summed E-state index contributed by atoms with van der Waals surface area (Å²) in [6.07, 6.45) is 5.96. The molecule has 0 bridgehead atoms. The van der Waals surface area contributed by atoms with Crippen molar-refractivity contribution >= 4 is 5.95 Å². The Morgan fingerprint density at radius 2 is 2.35 bits per heavy atom. The molecule has 1 N–H and O–H groups in total. The summed E-state index contributed by atoms with van der Waals surface area (Å²) in [5.41, 5.74) is 1.05. The van der Waals surface area contributed by atoms with Gasteiger partial charge in [0.2, 0.25) is 11.8 Å². The molecule has 2 rings (SSSR count). The Morgan fingerprint density at radius 1 is 1.41 bits per heavy atom. The highest BCUT2D eigenvalue weighted by Gasteiger charge is 2.00. The van der Waals surface area contributed by atoms with Gasteiger partial charge in [0.15, 0.2) is 0 Å². The van der Waals surface area contributed by atoms with Gasteiger partial charge in [0, 0.05) is 24.4 Å². The third-order valence-corrected chi connectivity index (χ3v) is 2.11. The highest BCUT2D eigenvalue weighted by atomic mass is 16.5. The zero-order valence-corrected chi connectivity index (χ0v) is 9.72. The van der Waals surface area contributed by atoms with Crippen LogP contribution < -0.4 is 10.1 Å². The molecule has 5 heteroatoms. The lowest BCUT2D eigenvalue weighted by Crippen LogP contribution is -2.04. The predicted molar refractivity (Wildman–Crippen MR) is 63.9 cm³/mol. The summed E-state index contributed by atoms with van der Waals surface area (Å²) < 4.78 is 10.4. The van der Waals surface area contributed by atoms with Crippen molar-refractivity contribution < 1.29 is 9.15 Å². The second-order valence-electron chi connectivity index (χ2n) is 3.55. The third-order valence-electron chi connectivity index (χ3n) is 2.11. The Morgan fingerprint density at radius 3 is 3.12 bits per heavy atom. The predicted octanol–water partition coefficient (Wildman–Crippen LogP) is 2.47. The molecule has 0 unspecified atom stereocenters. The SMILES string of the molecule is CCCOc1ccnc(NCc2ccoc2)n1. The van der Waals surface area contributed by atoms with Crippen molar-refractivity contribution in [3.8, 4) is 5.88 Å². The first-order chi connectivity index (χ1) is 8.38. The molecule has 0 aliphatic heterocycles. The van der Waals surface area contributed by atoms with E-state index in [1.54, 1.807) is 24.8 Å². The van der Waals surface area contributed by atoms with E-state index in [1.165, 1.54) is 0 Å². The van der Waals surface area contributed by atoms with Crippen LogP contribution in [-0.4, -0.2) is 16.6 Å². The van der Waals surface area contributed by atoms with Crippen molar-refractivity contribution in [2.75, 3.05) is 11.9 Å². The van der Waals surface area contributed by atoms with Gasteiger partial charge in [0.25, 0.3) is 0 Å². The van der Waals surface area contributed by atoms with E-state index in [1.807, 2.05) is 6.07 Å². The van der Waals surface area contributed by atoms with Crippen LogP contribution in [0.5, 0.6) is 5.88 Å². The van der Waals surface area contributed by atoms with E-state index in [-0.39, 0.29) is 0 Å². The van der Waals surface area contributed by atoms with Gasteiger partial charge in [-0.05, 0) is 12.5 Å². The van der Waals surface area contributed by atoms with E-state index >= 15 is 0 Å². The number of hydrogen-bond acceptors (Lipinski definition) is 5. The van der Waals surface area contributed by atoms with Crippen LogP contribution >= 0.6 is 0 Å². The minimum Gasteiger partial charge on any atom is -0.478 e. The van der Waals surface area contributed by atoms with Gasteiger partial charge in [-0.2, -0.15) is 4.98 Å². The maximum absolute atomic E-state index is 5.42. The molecule has 2 aromatic heterocycles. The molecule has 90 valence electrons. The minimum absolute atomic E-state index is 0.555. The standard InChI is InChI=1S/C12H15N3O2/c1-2-6-17-11-3-5-13-12(15-11)14-8-10-4-7-16-9-10/h3-5,7,9H,2,6,8H2,1H3,(H,13,14,15). The van der Waals surface area contributed by atoms with E-state index in [0.29, 0.717) is 25.0 Å². The lowest BCUT2D eigenvalue weighted by atomic mass is 10.3. The number of aromatic nitrogens is 2. The molecular formula is C12H15N3O2. The van der Waals surface area contributed by atoms with Gasteiger partial charge in [-0.15, -0.1) is 0 Å². The Balaban J connectivity index is 1.91. The first-order valence-electron chi connectivity index (χ1n) is 5.59. The molecule has 0 saturated heterocycles. The quantitative estimate of drug-likeness (QED) is 0.830. The van der Waals surface area contributed by atoms with Crippen molar-refractivity contribution in [2.45, 2.75) is 19.9 Å². The number of nitrogens with zero attached hydrogens (tertiary/aromatic N) is 2. The van der Waals surface area contributed by atoms with Crippen LogP contribution in [-0.2, 0) is 6.54 Å². The van der Waals surface area contributed by atoms with Gasteiger partial charge in [0.05, 0.1) is 19.1 Å². The topological polar surface area (TPSA) is 60.2 Å². The zero-order chi connectivity index (χ0) is 11.9. The normalized spacial score (nSPS) is 10.2. The van der Waals surface area contributed by atoms with Crippen molar-refractivity contribution in [2.24, 2.45) is 0 Å². The van der Waals surface area contributed by atoms with E-state index in [4.69, 9.17) is 9.15 Å². The number of ether oxygens (including phenoxy) is 1. The maximum Gasteiger partial charge on any atom is 0.226 e. The van der Waals surface area contributed by atoms with E-state index in [2.05, 4.69) is 22.2 Å². The number of furan rings is 1. The van der Waals surface area contributed by atoms with Crippen LogP contribution in [0.3, 0.4) is 0 Å². The first kappa shape index (κ1) is 11.4. The maximum atomic E-state index is 5.42. The zero-order valence-electron chi connectivity index (χ0n) is 9.72. The summed E-state index contributed by atoms with van der Waals surface area (Å²) >= 11 is 0. The van der Waals surface area contributed by atoms with E-state index in [9.17, 15) is 0 Å². The lowest BCUT2D eigenvalue weighted by Gasteiger charge is -2.06. The molecule has 2 aromatic rings. The largest absolute Gasteiger partial charge is 0.478 e. The molecule has 2 heterocycles. The first-order valence-corrected chi connectivity index (χ1v) is 5.59. The molecule has 0 saturated carbocycles. The molecule has 0 radical (unpaired) electrons. The number of hydrogen-bond donors (Lipinski definition) is 1. The van der Waals surface area contributed by atoms with Crippen molar-refractivity contribution in [1.82, 2.24) is 9.97 Å². The highest BCUT2D eigenvalue weighted by Crippen LogP contribution is 2.10. The smallest absolute Gasteiger partial charge is 0.226 e. The summed E-state index contributed by atoms with van der Waals surface area (Å²) in [6, 6.07) is 3.64. The molecule has 0 aliphatic carbocycles. The number of rotatable bonds is 6. The van der Waals surface area contributed by atoms with Crippen LogP contribution in [0.2, 0.25) is 0 Å². The molecule has 5 nitrogen and oxygen atoms in total. The van der Waals surface area contributed by atoms with Gasteiger partial charge >= 0.3 is 0 Å². The highest BCUT2D eigenvalue weighted by molar-refractivity contribution is 5.28. The van der Waals surface area contributed by atoms with Crippen LogP contribution in [0, 0.1) is 0 Å². The molecule has 17 heavy (non-hydrogen) atoms. The number of anilines is 1. The van der Waals surface area contributed by atoms with Crippen molar-refractivity contribution in [3.63, 3.8) is 0 Å². The van der Waals surface area contributed by atoms with Gasteiger partial charge in [-0.1, -0.05) is 6.92 Å². The fourth-order valence-electron chi connectivity index (χ4n) is 1.29. The van der Waals surface area contributed by atoms with Gasteiger partial charge in [-0.3, -0.25) is 0 Å². The Kier molecular flexibility index (Phi) is 3.96. The van der Waals surface area contributed by atoms with Gasteiger partial charge < -0.3 is 14.5 Å². The fraction of sp³-hybridized carbons (Fsp3) is 0.333. The third kappa shape index (κ3) is 3.48. The molecule has 0 amide bonds. The van der Waals surface area contributed by atoms with E-state index in [0.717, 1.165) is 12.0 Å². The molecule has 0 aliphatic rings. The summed E-state index contributed by atoms with van der Waals surface area (Å²) in [5, 5.41) is 3.10. The fourth-order valence-corrected chi connectivity index (χ4v) is 1.29. The molecular weight excluding hydrogens is 218 g/mol. The number of nitrogens with one attached hydrogen (secondary N) is 1. The van der Waals surface area contributed by atoms with E-state index < -0.39 is 0 Å². The Labute approximate surface area is 99.8 Å². The van der Waals surface area contributed by atoms with Crippen LogP contribution in [0.15, 0.2) is 35.3 Å². The molecule has 0 aromatic carbocycles. The molecule has 0 fully saturated rings. The second-order valence-corrected chi connectivity index (χ2v) is 3.55. The van der Waals surface area contributed by atoms with Crippen molar-refractivity contribution in [3.05, 3.63) is 36.4 Å². The van der Waals surface area contributed by atoms with Crippen molar-refractivity contribution in [1.29, 1.82) is 0 Å². The van der Waals surface area contributed by atoms with Crippen LogP contribution in [0.1, 0.15) is 18.9 Å². The monoisotopic (exact) mass is 233 g/mol. The van der Waals surface area contributed by atoms with Crippen LogP contribution in [0.4, 0.5) is 5.95 Å². The average Bonchev–Trinajstić information content (AvgIpc) is 2.87. The molecule has 0 spiro atoms. The minimum atomic E-state index is 0.555. The average molecular weight is 233 g/mol. The summed E-state index contributed by atoms with van der Waals surface area (Å²) in [4.78, 5) is 8.35. The Bertz CT molecular complexity index is 443. The summed E-state index contributed by atoms with van der Waals surface area (Å²) in [7, 11) is 0. The summed E-state index contributed by atoms with van der Waals surface area (Å²) in [5.74, 6) is 1.15. The molecule has 0 atom stereocenters. The van der Waals surface area contributed by atoms with Gasteiger partial charge in [0.1, 0.15) is 0 Å². The summed E-state index contributed by atoms with van der Waals surface area (Å²) in [6.45, 7) is 3.35. The lowest BCUT2D eigenvalue weighted by molar-refractivity contribution is 0.305. The van der Waals surface area contributed by atoms with Gasteiger partial charge in [-0.25, -0.2) is 4.98 Å². The Hall–Kier alpha value is -2.04. The van der Waals surface area contributed by atoms with Crippen LogP contribution in [0.25, 0.3) is 0 Å².